The van der Waals surface area contributed by atoms with E-state index in [0.717, 1.165) is 18.4 Å². The lowest BCUT2D eigenvalue weighted by atomic mass is 10.1. The Morgan fingerprint density at radius 1 is 0.686 bits per heavy atom. The highest BCUT2D eigenvalue weighted by Gasteiger charge is 2.28. The molecule has 0 spiro atoms. The van der Waals surface area contributed by atoms with E-state index in [4.69, 9.17) is 0 Å². The zero-order chi connectivity index (χ0) is 24.5. The number of anilines is 1. The van der Waals surface area contributed by atoms with Crippen molar-refractivity contribution in [3.8, 4) is 0 Å². The number of para-hydroxylation sites is 1. The molecule has 4 rings (SSSR count). The van der Waals surface area contributed by atoms with Crippen LogP contribution in [0.3, 0.4) is 0 Å². The molecule has 4 aromatic rings. The average molecular weight is 485 g/mol. The van der Waals surface area contributed by atoms with Crippen LogP contribution in [0.25, 0.3) is 0 Å². The van der Waals surface area contributed by atoms with Crippen LogP contribution in [0.5, 0.6) is 0 Å². The number of nitrogens with one attached hydrogen (secondary N) is 1. The Labute approximate surface area is 207 Å². The number of carbonyl (C=O) groups excluding carboxylic acids is 1. The summed E-state index contributed by atoms with van der Waals surface area (Å²) < 4.78 is 28.8. The highest BCUT2D eigenvalue weighted by Crippen LogP contribution is 2.29. The molecule has 1 N–H and O–H groups in total. The minimum absolute atomic E-state index is 0.108. The van der Waals surface area contributed by atoms with Crippen LogP contribution in [0.2, 0.25) is 0 Å². The summed E-state index contributed by atoms with van der Waals surface area (Å²) in [5, 5.41) is 2.96. The van der Waals surface area contributed by atoms with Gasteiger partial charge >= 0.3 is 0 Å². The second-order valence-corrected chi connectivity index (χ2v) is 10.0. The number of benzene rings is 4. The third-order valence-electron chi connectivity index (χ3n) is 5.69. The van der Waals surface area contributed by atoms with Crippen molar-refractivity contribution in [2.24, 2.45) is 0 Å². The van der Waals surface area contributed by atoms with E-state index in [1.807, 2.05) is 48.5 Å². The summed E-state index contributed by atoms with van der Waals surface area (Å²) in [6, 6.07) is 34.6. The summed E-state index contributed by atoms with van der Waals surface area (Å²) in [7, 11) is -3.92. The molecule has 0 unspecified atom stereocenters. The minimum Gasteiger partial charge on any atom is -0.352 e. The first kappa shape index (κ1) is 24.2. The predicted octanol–water partition coefficient (Wildman–Crippen LogP) is 5.44. The number of hydrogen-bond acceptors (Lipinski definition) is 3. The summed E-state index contributed by atoms with van der Waals surface area (Å²) in [5.41, 5.74) is 2.71. The van der Waals surface area contributed by atoms with Crippen molar-refractivity contribution in [2.75, 3.05) is 10.8 Å². The second-order valence-electron chi connectivity index (χ2n) is 8.17. The van der Waals surface area contributed by atoms with Gasteiger partial charge in [0.2, 0.25) is 0 Å². The molecule has 0 radical (unpaired) electrons. The third kappa shape index (κ3) is 6.16. The van der Waals surface area contributed by atoms with E-state index in [0.29, 0.717) is 17.8 Å². The molecule has 0 heterocycles. The average Bonchev–Trinajstić information content (AvgIpc) is 2.91. The van der Waals surface area contributed by atoms with Gasteiger partial charge in [0, 0.05) is 6.54 Å². The van der Waals surface area contributed by atoms with Crippen LogP contribution >= 0.6 is 0 Å². The van der Waals surface area contributed by atoms with Crippen LogP contribution in [-0.2, 0) is 23.0 Å². The van der Waals surface area contributed by atoms with Crippen molar-refractivity contribution in [3.05, 3.63) is 132 Å². The molecule has 0 aliphatic rings. The Hall–Kier alpha value is -3.90. The molecular formula is C29H28N2O3S. The maximum atomic E-state index is 13.7. The molecule has 5 nitrogen and oxygen atoms in total. The fourth-order valence-electron chi connectivity index (χ4n) is 3.89. The van der Waals surface area contributed by atoms with Crippen molar-refractivity contribution >= 4 is 21.6 Å². The molecule has 1 amide bonds. The van der Waals surface area contributed by atoms with E-state index < -0.39 is 10.0 Å². The van der Waals surface area contributed by atoms with Crippen LogP contribution in [0.1, 0.15) is 27.9 Å². The Kier molecular flexibility index (Phi) is 7.95. The lowest BCUT2D eigenvalue weighted by Crippen LogP contribution is -2.33. The van der Waals surface area contributed by atoms with Crippen LogP contribution in [0.4, 0.5) is 5.69 Å². The number of carbonyl (C=O) groups is 1. The fraction of sp³-hybridized carbons (Fsp3) is 0.138. The Bertz CT molecular complexity index is 1340. The lowest BCUT2D eigenvalue weighted by molar-refractivity contribution is 0.0954. The van der Waals surface area contributed by atoms with E-state index in [1.165, 1.54) is 9.87 Å². The van der Waals surface area contributed by atoms with Gasteiger partial charge in [-0.25, -0.2) is 8.42 Å². The quantitative estimate of drug-likeness (QED) is 0.305. The first-order chi connectivity index (χ1) is 17.1. The normalized spacial score (nSPS) is 11.1. The molecular weight excluding hydrogens is 456 g/mol. The third-order valence-corrected chi connectivity index (χ3v) is 7.46. The molecule has 178 valence electrons. The number of sulfonamides is 1. The number of rotatable bonds is 10. The van der Waals surface area contributed by atoms with Gasteiger partial charge in [-0.05, 0) is 48.2 Å². The standard InChI is InChI=1S/C29H28N2O3S/c32-29(30-22-12-17-24-13-4-1-5-14-24)27-20-10-11-21-28(27)31(23-25-15-6-2-7-16-25)35(33,34)26-18-8-3-9-19-26/h1-11,13-16,18-21H,12,17,22-23H2,(H,30,32). The molecule has 0 saturated heterocycles. The van der Waals surface area contributed by atoms with Gasteiger partial charge in [-0.1, -0.05) is 91.0 Å². The molecule has 4 aromatic carbocycles. The van der Waals surface area contributed by atoms with Crippen molar-refractivity contribution in [1.82, 2.24) is 5.32 Å². The Balaban J connectivity index is 1.60. The summed E-state index contributed by atoms with van der Waals surface area (Å²) in [6.45, 7) is 0.600. The minimum atomic E-state index is -3.92. The van der Waals surface area contributed by atoms with Gasteiger partial charge < -0.3 is 5.32 Å². The first-order valence-electron chi connectivity index (χ1n) is 11.6. The van der Waals surface area contributed by atoms with Crippen molar-refractivity contribution < 1.29 is 13.2 Å². The Morgan fingerprint density at radius 2 is 1.23 bits per heavy atom. The van der Waals surface area contributed by atoms with Gasteiger partial charge in [-0.2, -0.15) is 0 Å². The zero-order valence-electron chi connectivity index (χ0n) is 19.4. The Morgan fingerprint density at radius 3 is 1.89 bits per heavy atom. The molecule has 0 fully saturated rings. The molecule has 0 atom stereocenters. The van der Waals surface area contributed by atoms with Crippen LogP contribution in [-0.4, -0.2) is 20.9 Å². The SMILES string of the molecule is O=C(NCCCc1ccccc1)c1ccccc1N(Cc1ccccc1)S(=O)(=O)c1ccccc1. The van der Waals surface area contributed by atoms with Crippen molar-refractivity contribution in [3.63, 3.8) is 0 Å². The largest absolute Gasteiger partial charge is 0.352 e. The zero-order valence-corrected chi connectivity index (χ0v) is 20.2. The van der Waals surface area contributed by atoms with Crippen molar-refractivity contribution in [2.45, 2.75) is 24.3 Å². The smallest absolute Gasteiger partial charge is 0.264 e. The van der Waals surface area contributed by atoms with Gasteiger partial charge in [-0.3, -0.25) is 9.10 Å². The van der Waals surface area contributed by atoms with Gasteiger partial charge in [0.05, 0.1) is 22.7 Å². The highest BCUT2D eigenvalue weighted by atomic mass is 32.2. The summed E-state index contributed by atoms with van der Waals surface area (Å²) in [6.07, 6.45) is 1.64. The summed E-state index contributed by atoms with van der Waals surface area (Å²) in [4.78, 5) is 13.3. The maximum Gasteiger partial charge on any atom is 0.264 e. The van der Waals surface area contributed by atoms with Crippen LogP contribution < -0.4 is 9.62 Å². The number of aryl methyl sites for hydroxylation is 1. The predicted molar refractivity (Wildman–Crippen MR) is 140 cm³/mol. The van der Waals surface area contributed by atoms with Gasteiger partial charge in [0.1, 0.15) is 0 Å². The molecule has 0 aliphatic carbocycles. The highest BCUT2D eigenvalue weighted by molar-refractivity contribution is 7.92. The van der Waals surface area contributed by atoms with E-state index >= 15 is 0 Å². The number of amides is 1. The molecule has 0 saturated carbocycles. The molecule has 0 bridgehead atoms. The van der Waals surface area contributed by atoms with Crippen molar-refractivity contribution in [1.29, 1.82) is 0 Å². The van der Waals surface area contributed by atoms with E-state index in [1.54, 1.807) is 54.6 Å². The van der Waals surface area contributed by atoms with Gasteiger partial charge in [0.15, 0.2) is 0 Å². The first-order valence-corrected chi connectivity index (χ1v) is 13.0. The second kappa shape index (κ2) is 11.5. The lowest BCUT2D eigenvalue weighted by Gasteiger charge is -2.26. The number of nitrogens with zero attached hydrogens (tertiary/aromatic N) is 1. The molecule has 0 aliphatic heterocycles. The van der Waals surface area contributed by atoms with E-state index in [-0.39, 0.29) is 17.3 Å². The summed E-state index contributed by atoms with van der Waals surface area (Å²) in [5.74, 6) is -0.296. The summed E-state index contributed by atoms with van der Waals surface area (Å²) >= 11 is 0. The molecule has 0 aromatic heterocycles. The fourth-order valence-corrected chi connectivity index (χ4v) is 5.38. The topological polar surface area (TPSA) is 66.5 Å². The van der Waals surface area contributed by atoms with Crippen LogP contribution in [0, 0.1) is 0 Å². The van der Waals surface area contributed by atoms with Gasteiger partial charge in [-0.15, -0.1) is 0 Å². The monoisotopic (exact) mass is 484 g/mol. The van der Waals surface area contributed by atoms with Gasteiger partial charge in [0.25, 0.3) is 15.9 Å². The molecule has 35 heavy (non-hydrogen) atoms. The molecule has 6 heteroatoms. The van der Waals surface area contributed by atoms with Crippen LogP contribution in [0.15, 0.2) is 120 Å². The number of hydrogen-bond donors (Lipinski definition) is 1. The van der Waals surface area contributed by atoms with E-state index in [9.17, 15) is 13.2 Å². The maximum absolute atomic E-state index is 13.7. The van der Waals surface area contributed by atoms with E-state index in [2.05, 4.69) is 17.4 Å².